The van der Waals surface area contributed by atoms with Gasteiger partial charge < -0.3 is 4.90 Å². The Morgan fingerprint density at radius 3 is 2.95 bits per heavy atom. The molecule has 1 fully saturated rings. The average molecular weight is 305 g/mol. The predicted molar refractivity (Wildman–Crippen MR) is 80.6 cm³/mol. The lowest BCUT2D eigenvalue weighted by Gasteiger charge is -2.31. The number of hydrogen-bond acceptors (Lipinski definition) is 5. The van der Waals surface area contributed by atoms with Crippen LogP contribution in [0.15, 0.2) is 40.2 Å². The van der Waals surface area contributed by atoms with Gasteiger partial charge in [0.05, 0.1) is 5.25 Å². The molecule has 1 unspecified atom stereocenters. The van der Waals surface area contributed by atoms with E-state index in [1.807, 2.05) is 23.1 Å². The minimum absolute atomic E-state index is 0.0135. The zero-order valence-corrected chi connectivity index (χ0v) is 12.6. The van der Waals surface area contributed by atoms with Crippen LogP contribution in [0.5, 0.6) is 0 Å². The second-order valence-corrected chi connectivity index (χ2v) is 6.98. The van der Waals surface area contributed by atoms with Crippen LogP contribution >= 0.6 is 23.1 Å². The smallest absolute Gasteiger partial charge is 0.236 e. The second-order valence-electron chi connectivity index (χ2n) is 4.70. The van der Waals surface area contributed by atoms with Crippen LogP contribution < -0.4 is 0 Å². The van der Waals surface area contributed by atoms with Crippen LogP contribution in [-0.4, -0.2) is 32.8 Å². The van der Waals surface area contributed by atoms with Crippen LogP contribution in [0.4, 0.5) is 0 Å². The van der Waals surface area contributed by atoms with Crippen molar-refractivity contribution in [3.63, 3.8) is 0 Å². The molecular weight excluding hydrogens is 290 g/mol. The van der Waals surface area contributed by atoms with Crippen molar-refractivity contribution in [1.29, 1.82) is 0 Å². The Bertz CT molecular complexity index is 559. The quantitative estimate of drug-likeness (QED) is 0.871. The first-order chi connectivity index (χ1) is 9.83. The van der Waals surface area contributed by atoms with E-state index in [-0.39, 0.29) is 11.2 Å². The molecule has 2 aromatic rings. The van der Waals surface area contributed by atoms with E-state index >= 15 is 0 Å². The summed E-state index contributed by atoms with van der Waals surface area (Å²) in [5.41, 5.74) is 2.89. The first kappa shape index (κ1) is 13.6. The summed E-state index contributed by atoms with van der Waals surface area (Å²) in [5.74, 6) is 0.223. The fourth-order valence-corrected chi connectivity index (χ4v) is 4.16. The molecule has 0 N–H and O–H groups in total. The van der Waals surface area contributed by atoms with Crippen molar-refractivity contribution in [1.82, 2.24) is 15.1 Å². The highest BCUT2D eigenvalue weighted by molar-refractivity contribution is 8.02. The summed E-state index contributed by atoms with van der Waals surface area (Å²) in [7, 11) is 0. The zero-order chi connectivity index (χ0) is 13.8. The molecule has 1 aliphatic rings. The molecule has 20 heavy (non-hydrogen) atoms. The van der Waals surface area contributed by atoms with E-state index in [2.05, 4.69) is 22.3 Å². The zero-order valence-electron chi connectivity index (χ0n) is 10.9. The van der Waals surface area contributed by atoms with Crippen molar-refractivity contribution in [2.45, 2.75) is 29.0 Å². The highest BCUT2D eigenvalue weighted by atomic mass is 32.2. The SMILES string of the molecule is O=C1C(Sc2nncs2)CCCN1Cc1ccccc1. The number of carbonyl (C=O) groups excluding carboxylic acids is 1. The first-order valence-electron chi connectivity index (χ1n) is 6.58. The summed E-state index contributed by atoms with van der Waals surface area (Å²) in [4.78, 5) is 14.5. The van der Waals surface area contributed by atoms with Crippen LogP contribution in [0.2, 0.25) is 0 Å². The molecule has 1 aromatic carbocycles. The van der Waals surface area contributed by atoms with Gasteiger partial charge in [-0.25, -0.2) is 0 Å². The van der Waals surface area contributed by atoms with Gasteiger partial charge in [0.15, 0.2) is 4.34 Å². The Hall–Kier alpha value is -1.40. The number of aromatic nitrogens is 2. The van der Waals surface area contributed by atoms with Gasteiger partial charge in [-0.05, 0) is 18.4 Å². The number of nitrogens with zero attached hydrogens (tertiary/aromatic N) is 3. The molecule has 0 saturated carbocycles. The van der Waals surface area contributed by atoms with Gasteiger partial charge in [-0.2, -0.15) is 0 Å². The van der Waals surface area contributed by atoms with E-state index in [0.29, 0.717) is 6.54 Å². The van der Waals surface area contributed by atoms with Crippen molar-refractivity contribution in [2.24, 2.45) is 0 Å². The van der Waals surface area contributed by atoms with Crippen LogP contribution in [0, 0.1) is 0 Å². The summed E-state index contributed by atoms with van der Waals surface area (Å²) < 4.78 is 0.880. The monoisotopic (exact) mass is 305 g/mol. The minimum Gasteiger partial charge on any atom is -0.337 e. The summed E-state index contributed by atoms with van der Waals surface area (Å²) in [6.45, 7) is 1.55. The van der Waals surface area contributed by atoms with Gasteiger partial charge in [-0.3, -0.25) is 4.79 Å². The minimum atomic E-state index is -0.0135. The molecule has 0 spiro atoms. The molecule has 1 aliphatic heterocycles. The molecule has 1 atom stereocenters. The Morgan fingerprint density at radius 2 is 2.20 bits per heavy atom. The van der Waals surface area contributed by atoms with Crippen molar-refractivity contribution in [3.05, 3.63) is 41.4 Å². The standard InChI is InChI=1S/C14H15N3OS2/c18-13-12(20-14-16-15-10-19-14)7-4-8-17(13)9-11-5-2-1-3-6-11/h1-3,5-6,10,12H,4,7-9H2. The van der Waals surface area contributed by atoms with E-state index in [9.17, 15) is 4.79 Å². The largest absolute Gasteiger partial charge is 0.337 e. The fraction of sp³-hybridized carbons (Fsp3) is 0.357. The Morgan fingerprint density at radius 1 is 1.35 bits per heavy atom. The lowest BCUT2D eigenvalue weighted by atomic mass is 10.1. The van der Waals surface area contributed by atoms with Crippen molar-refractivity contribution >= 4 is 29.0 Å². The number of carbonyl (C=O) groups is 1. The number of rotatable bonds is 4. The highest BCUT2D eigenvalue weighted by Gasteiger charge is 2.30. The van der Waals surface area contributed by atoms with Gasteiger partial charge in [0.25, 0.3) is 0 Å². The van der Waals surface area contributed by atoms with Gasteiger partial charge in [-0.15, -0.1) is 10.2 Å². The topological polar surface area (TPSA) is 46.1 Å². The van der Waals surface area contributed by atoms with Crippen LogP contribution in [0.25, 0.3) is 0 Å². The van der Waals surface area contributed by atoms with Gasteiger partial charge in [0.2, 0.25) is 5.91 Å². The molecule has 2 heterocycles. The summed E-state index contributed by atoms with van der Waals surface area (Å²) >= 11 is 3.04. The summed E-state index contributed by atoms with van der Waals surface area (Å²) in [6, 6.07) is 10.1. The van der Waals surface area contributed by atoms with Gasteiger partial charge in [0, 0.05) is 13.1 Å². The number of piperidine rings is 1. The van der Waals surface area contributed by atoms with Gasteiger partial charge in [-0.1, -0.05) is 53.4 Å². The summed E-state index contributed by atoms with van der Waals surface area (Å²) in [5, 5.41) is 7.82. The molecule has 0 aliphatic carbocycles. The highest BCUT2D eigenvalue weighted by Crippen LogP contribution is 2.31. The molecule has 4 nitrogen and oxygen atoms in total. The van der Waals surface area contributed by atoms with Crippen molar-refractivity contribution in [2.75, 3.05) is 6.54 Å². The predicted octanol–water partition coefficient (Wildman–Crippen LogP) is 2.82. The normalized spacial score (nSPS) is 19.3. The van der Waals surface area contributed by atoms with Crippen LogP contribution in [0.1, 0.15) is 18.4 Å². The van der Waals surface area contributed by atoms with Crippen LogP contribution in [0.3, 0.4) is 0 Å². The lowest BCUT2D eigenvalue weighted by molar-refractivity contribution is -0.133. The molecule has 1 amide bonds. The lowest BCUT2D eigenvalue weighted by Crippen LogP contribution is -2.42. The maximum absolute atomic E-state index is 12.5. The molecular formula is C14H15N3OS2. The van der Waals surface area contributed by atoms with E-state index < -0.39 is 0 Å². The second kappa shape index (κ2) is 6.37. The van der Waals surface area contributed by atoms with E-state index in [1.54, 1.807) is 17.3 Å². The van der Waals surface area contributed by atoms with Crippen molar-refractivity contribution in [3.8, 4) is 0 Å². The molecule has 6 heteroatoms. The Balaban J connectivity index is 1.66. The number of amides is 1. The number of hydrogen-bond donors (Lipinski definition) is 0. The van der Waals surface area contributed by atoms with E-state index in [0.717, 1.165) is 23.7 Å². The third kappa shape index (κ3) is 3.19. The van der Waals surface area contributed by atoms with Gasteiger partial charge >= 0.3 is 0 Å². The third-order valence-corrected chi connectivity index (χ3v) is 5.35. The van der Waals surface area contributed by atoms with E-state index in [1.165, 1.54) is 16.9 Å². The fourth-order valence-electron chi connectivity index (χ4n) is 2.31. The molecule has 3 rings (SSSR count). The molecule has 0 bridgehead atoms. The van der Waals surface area contributed by atoms with Crippen LogP contribution in [-0.2, 0) is 11.3 Å². The maximum atomic E-state index is 12.5. The first-order valence-corrected chi connectivity index (χ1v) is 8.34. The average Bonchev–Trinajstić information content (AvgIpc) is 2.97. The van der Waals surface area contributed by atoms with Gasteiger partial charge in [0.1, 0.15) is 5.51 Å². The maximum Gasteiger partial charge on any atom is 0.236 e. The molecule has 104 valence electrons. The Kier molecular flexibility index (Phi) is 4.32. The number of likely N-dealkylation sites (tertiary alicyclic amines) is 1. The molecule has 1 saturated heterocycles. The summed E-state index contributed by atoms with van der Waals surface area (Å²) in [6.07, 6.45) is 1.98. The molecule has 1 aromatic heterocycles. The van der Waals surface area contributed by atoms with E-state index in [4.69, 9.17) is 0 Å². The molecule has 0 radical (unpaired) electrons. The number of thioether (sulfide) groups is 1. The van der Waals surface area contributed by atoms with Crippen molar-refractivity contribution < 1.29 is 4.79 Å². The third-order valence-electron chi connectivity index (χ3n) is 3.28. The number of benzene rings is 1. The Labute approximate surface area is 126 Å².